The van der Waals surface area contributed by atoms with Crippen molar-refractivity contribution >= 4 is 11.0 Å². The fourth-order valence-electron chi connectivity index (χ4n) is 2.42. The minimum Gasteiger partial charge on any atom is -0.497 e. The van der Waals surface area contributed by atoms with Gasteiger partial charge in [0.2, 0.25) is 0 Å². The molecule has 2 heterocycles. The predicted molar refractivity (Wildman–Crippen MR) is 83.3 cm³/mol. The molecule has 0 unspecified atom stereocenters. The number of ether oxygens (including phenoxy) is 1. The maximum Gasteiger partial charge on any atom is 0.329 e. The summed E-state index contributed by atoms with van der Waals surface area (Å²) < 4.78 is 7.81. The third kappa shape index (κ3) is 2.02. The maximum atomic E-state index is 12.5. The van der Waals surface area contributed by atoms with E-state index in [1.165, 1.54) is 7.05 Å². The summed E-state index contributed by atoms with van der Waals surface area (Å²) in [5, 5.41) is 4.88. The van der Waals surface area contributed by atoms with Gasteiger partial charge in [0.15, 0.2) is 0 Å². The zero-order chi connectivity index (χ0) is 15.9. The van der Waals surface area contributed by atoms with Crippen LogP contribution in [0.15, 0.2) is 33.9 Å². The summed E-state index contributed by atoms with van der Waals surface area (Å²) in [6.07, 6.45) is 0. The average molecular weight is 300 g/mol. The lowest BCUT2D eigenvalue weighted by Gasteiger charge is -2.01. The Hall–Kier alpha value is -2.83. The molecule has 0 fully saturated rings. The van der Waals surface area contributed by atoms with Crippen molar-refractivity contribution in [3.05, 3.63) is 45.1 Å². The Morgan fingerprint density at radius 3 is 2.50 bits per heavy atom. The highest BCUT2D eigenvalue weighted by Crippen LogP contribution is 2.25. The number of aryl methyl sites for hydroxylation is 1. The Morgan fingerprint density at radius 1 is 1.23 bits per heavy atom. The fourth-order valence-corrected chi connectivity index (χ4v) is 2.42. The molecule has 0 saturated carbocycles. The zero-order valence-electron chi connectivity index (χ0n) is 12.6. The van der Waals surface area contributed by atoms with Crippen LogP contribution in [-0.2, 0) is 13.6 Å². The van der Waals surface area contributed by atoms with Crippen molar-refractivity contribution in [2.24, 2.45) is 7.05 Å². The number of benzene rings is 1. The monoisotopic (exact) mass is 300 g/mol. The van der Waals surface area contributed by atoms with Gasteiger partial charge in [0.25, 0.3) is 5.56 Å². The van der Waals surface area contributed by atoms with Crippen molar-refractivity contribution in [3.8, 4) is 17.0 Å². The third-order valence-corrected chi connectivity index (χ3v) is 3.66. The van der Waals surface area contributed by atoms with E-state index >= 15 is 0 Å². The number of H-pyrrole nitrogens is 1. The molecule has 0 aliphatic rings. The summed E-state index contributed by atoms with van der Waals surface area (Å²) in [5.41, 5.74) is 0.984. The molecule has 3 rings (SSSR count). The van der Waals surface area contributed by atoms with E-state index in [9.17, 15) is 9.59 Å². The Kier molecular flexibility index (Phi) is 3.32. The van der Waals surface area contributed by atoms with Gasteiger partial charge in [-0.25, -0.2) is 9.48 Å². The molecule has 0 saturated heterocycles. The topological polar surface area (TPSA) is 81.9 Å². The Balaban J connectivity index is 2.36. The molecule has 0 aliphatic carbocycles. The van der Waals surface area contributed by atoms with Crippen LogP contribution >= 0.6 is 0 Å². The predicted octanol–water partition coefficient (Wildman–Crippen LogP) is 1.12. The first-order chi connectivity index (χ1) is 10.6. The molecule has 1 N–H and O–H groups in total. The lowest BCUT2D eigenvalue weighted by Crippen LogP contribution is -2.32. The molecule has 0 atom stereocenters. The zero-order valence-corrected chi connectivity index (χ0v) is 12.6. The first-order valence-electron chi connectivity index (χ1n) is 6.91. The first-order valence-corrected chi connectivity index (χ1v) is 6.91. The number of methoxy groups -OCH3 is 1. The van der Waals surface area contributed by atoms with Gasteiger partial charge in [0.05, 0.1) is 7.11 Å². The average Bonchev–Trinajstić information content (AvgIpc) is 2.91. The fraction of sp³-hybridized carbons (Fsp3) is 0.267. The first kappa shape index (κ1) is 14.1. The van der Waals surface area contributed by atoms with Crippen LogP contribution in [0.5, 0.6) is 5.75 Å². The van der Waals surface area contributed by atoms with Crippen molar-refractivity contribution in [2.45, 2.75) is 13.5 Å². The summed E-state index contributed by atoms with van der Waals surface area (Å²) in [4.78, 5) is 27.0. The summed E-state index contributed by atoms with van der Waals surface area (Å²) >= 11 is 0. The van der Waals surface area contributed by atoms with E-state index in [1.54, 1.807) is 11.8 Å². The SMILES string of the molecule is CCn1nc(-c2ccc(OC)cc2)c2c(=O)n(C)c(=O)[nH]c21. The van der Waals surface area contributed by atoms with Gasteiger partial charge in [0.1, 0.15) is 22.5 Å². The van der Waals surface area contributed by atoms with Crippen LogP contribution in [0, 0.1) is 0 Å². The van der Waals surface area contributed by atoms with Crippen LogP contribution in [-0.4, -0.2) is 26.4 Å². The lowest BCUT2D eigenvalue weighted by atomic mass is 10.1. The van der Waals surface area contributed by atoms with Crippen LogP contribution < -0.4 is 16.0 Å². The molecule has 0 spiro atoms. The second-order valence-corrected chi connectivity index (χ2v) is 4.91. The minimum absolute atomic E-state index is 0.357. The van der Waals surface area contributed by atoms with Gasteiger partial charge in [-0.3, -0.25) is 14.3 Å². The second kappa shape index (κ2) is 5.18. The van der Waals surface area contributed by atoms with Crippen molar-refractivity contribution in [1.82, 2.24) is 19.3 Å². The van der Waals surface area contributed by atoms with Gasteiger partial charge < -0.3 is 4.74 Å². The molecule has 22 heavy (non-hydrogen) atoms. The Morgan fingerprint density at radius 2 is 1.91 bits per heavy atom. The smallest absolute Gasteiger partial charge is 0.329 e. The highest BCUT2D eigenvalue weighted by molar-refractivity contribution is 5.90. The highest BCUT2D eigenvalue weighted by Gasteiger charge is 2.17. The number of hydrogen-bond acceptors (Lipinski definition) is 4. The van der Waals surface area contributed by atoms with Gasteiger partial charge in [0, 0.05) is 19.2 Å². The second-order valence-electron chi connectivity index (χ2n) is 4.91. The van der Waals surface area contributed by atoms with E-state index in [1.807, 2.05) is 31.2 Å². The summed E-state index contributed by atoms with van der Waals surface area (Å²) in [6.45, 7) is 2.45. The van der Waals surface area contributed by atoms with Crippen LogP contribution in [0.2, 0.25) is 0 Å². The third-order valence-electron chi connectivity index (χ3n) is 3.66. The molecule has 0 aliphatic heterocycles. The Bertz CT molecular complexity index is 948. The van der Waals surface area contributed by atoms with Crippen molar-refractivity contribution in [3.63, 3.8) is 0 Å². The number of fused-ring (bicyclic) bond motifs is 1. The molecule has 7 heteroatoms. The number of hydrogen-bond donors (Lipinski definition) is 1. The van der Waals surface area contributed by atoms with E-state index in [-0.39, 0.29) is 5.56 Å². The molecular weight excluding hydrogens is 284 g/mol. The highest BCUT2D eigenvalue weighted by atomic mass is 16.5. The van der Waals surface area contributed by atoms with Crippen LogP contribution in [0.4, 0.5) is 0 Å². The summed E-state index contributed by atoms with van der Waals surface area (Å²) in [7, 11) is 3.04. The van der Waals surface area contributed by atoms with Crippen molar-refractivity contribution < 1.29 is 4.74 Å². The van der Waals surface area contributed by atoms with Crippen LogP contribution in [0.25, 0.3) is 22.3 Å². The molecule has 114 valence electrons. The number of nitrogens with one attached hydrogen (secondary N) is 1. The molecule has 2 aromatic heterocycles. The maximum absolute atomic E-state index is 12.5. The summed E-state index contributed by atoms with van der Waals surface area (Å²) in [5.74, 6) is 0.726. The molecule has 0 bridgehead atoms. The molecule has 0 amide bonds. The standard InChI is InChI=1S/C15H16N4O3/c1-4-19-13-11(14(20)18(2)15(21)16-13)12(17-19)9-5-7-10(22-3)8-6-9/h5-8H,4H2,1-3H3,(H,16,21). The van der Waals surface area contributed by atoms with Gasteiger partial charge in [-0.1, -0.05) is 0 Å². The Labute approximate surface area is 125 Å². The van der Waals surface area contributed by atoms with E-state index in [4.69, 9.17) is 4.74 Å². The van der Waals surface area contributed by atoms with Gasteiger partial charge in [-0.2, -0.15) is 5.10 Å². The molecule has 7 nitrogen and oxygen atoms in total. The minimum atomic E-state index is -0.451. The van der Waals surface area contributed by atoms with Crippen LogP contribution in [0.1, 0.15) is 6.92 Å². The van der Waals surface area contributed by atoms with E-state index < -0.39 is 5.69 Å². The normalized spacial score (nSPS) is 11.0. The molecule has 0 radical (unpaired) electrons. The summed E-state index contributed by atoms with van der Waals surface area (Å²) in [6, 6.07) is 7.29. The van der Waals surface area contributed by atoms with E-state index in [0.29, 0.717) is 23.3 Å². The molecule has 3 aromatic rings. The molecule has 1 aromatic carbocycles. The number of rotatable bonds is 3. The van der Waals surface area contributed by atoms with Crippen LogP contribution in [0.3, 0.4) is 0 Å². The van der Waals surface area contributed by atoms with Gasteiger partial charge in [-0.15, -0.1) is 0 Å². The van der Waals surface area contributed by atoms with Gasteiger partial charge in [-0.05, 0) is 31.2 Å². The van der Waals surface area contributed by atoms with Crippen molar-refractivity contribution in [2.75, 3.05) is 7.11 Å². The largest absolute Gasteiger partial charge is 0.497 e. The van der Waals surface area contributed by atoms with Crippen molar-refractivity contribution in [1.29, 1.82) is 0 Å². The van der Waals surface area contributed by atoms with E-state index in [0.717, 1.165) is 15.9 Å². The van der Waals surface area contributed by atoms with E-state index in [2.05, 4.69) is 10.1 Å². The molecular formula is C15H16N4O3. The van der Waals surface area contributed by atoms with Gasteiger partial charge >= 0.3 is 5.69 Å². The quantitative estimate of drug-likeness (QED) is 0.786. The number of nitrogens with zero attached hydrogens (tertiary/aromatic N) is 3. The number of aromatic nitrogens is 4. The number of aromatic amines is 1. The lowest BCUT2D eigenvalue weighted by molar-refractivity contribution is 0.415.